The number of amides is 2. The maximum absolute atomic E-state index is 13.4. The van der Waals surface area contributed by atoms with Gasteiger partial charge in [-0.3, -0.25) is 4.79 Å². The van der Waals surface area contributed by atoms with E-state index < -0.39 is 30.1 Å². The van der Waals surface area contributed by atoms with Gasteiger partial charge in [0.1, 0.15) is 30.2 Å². The maximum atomic E-state index is 13.4. The van der Waals surface area contributed by atoms with Crippen LogP contribution in [0.4, 0.5) is 4.79 Å². The second-order valence-electron chi connectivity index (χ2n) is 8.45. The van der Waals surface area contributed by atoms with Gasteiger partial charge in [0.05, 0.1) is 21.3 Å². The predicted molar refractivity (Wildman–Crippen MR) is 141 cm³/mol. The lowest BCUT2D eigenvalue weighted by atomic mass is 10.0. The van der Waals surface area contributed by atoms with Crippen LogP contribution in [0.2, 0.25) is 0 Å². The molecule has 3 aromatic rings. The van der Waals surface area contributed by atoms with Crippen molar-refractivity contribution in [3.8, 4) is 11.5 Å². The molecule has 38 heavy (non-hydrogen) atoms. The molecule has 0 bridgehead atoms. The van der Waals surface area contributed by atoms with E-state index in [1.807, 2.05) is 30.3 Å². The van der Waals surface area contributed by atoms with E-state index in [4.69, 9.17) is 18.9 Å². The van der Waals surface area contributed by atoms with Gasteiger partial charge in [-0.2, -0.15) is 0 Å². The van der Waals surface area contributed by atoms with E-state index in [-0.39, 0.29) is 19.4 Å². The van der Waals surface area contributed by atoms with Gasteiger partial charge in [-0.1, -0.05) is 54.6 Å². The lowest BCUT2D eigenvalue weighted by molar-refractivity contribution is -0.145. The fraction of sp³-hybridized carbons (Fsp3) is 0.276. The van der Waals surface area contributed by atoms with Gasteiger partial charge in [0.2, 0.25) is 5.91 Å². The van der Waals surface area contributed by atoms with Crippen molar-refractivity contribution in [2.45, 2.75) is 31.5 Å². The molecule has 2 unspecified atom stereocenters. The first kappa shape index (κ1) is 28.0. The van der Waals surface area contributed by atoms with E-state index in [1.54, 1.807) is 62.8 Å². The summed E-state index contributed by atoms with van der Waals surface area (Å²) in [5.41, 5.74) is 2.38. The number of ether oxygens (including phenoxy) is 4. The molecule has 3 rings (SSSR count). The second-order valence-corrected chi connectivity index (χ2v) is 8.45. The topological polar surface area (TPSA) is 112 Å². The van der Waals surface area contributed by atoms with Crippen molar-refractivity contribution >= 4 is 18.0 Å². The predicted octanol–water partition coefficient (Wildman–Crippen LogP) is 3.44. The normalized spacial score (nSPS) is 12.0. The molecule has 9 heteroatoms. The van der Waals surface area contributed by atoms with Crippen LogP contribution < -0.4 is 20.1 Å². The number of carbonyl (C=O) groups is 3. The Balaban J connectivity index is 1.74. The lowest BCUT2D eigenvalue weighted by Crippen LogP contribution is -2.53. The smallest absolute Gasteiger partial charge is 0.408 e. The zero-order chi connectivity index (χ0) is 27.3. The first-order valence-corrected chi connectivity index (χ1v) is 12.0. The summed E-state index contributed by atoms with van der Waals surface area (Å²) in [6.45, 7) is 0.0474. The van der Waals surface area contributed by atoms with Gasteiger partial charge < -0.3 is 29.6 Å². The Morgan fingerprint density at radius 2 is 1.18 bits per heavy atom. The summed E-state index contributed by atoms with van der Waals surface area (Å²) in [4.78, 5) is 38.5. The van der Waals surface area contributed by atoms with Crippen LogP contribution in [-0.2, 0) is 38.5 Å². The van der Waals surface area contributed by atoms with Crippen LogP contribution in [0.1, 0.15) is 16.7 Å². The number of carbonyl (C=O) groups excluding carboxylic acids is 3. The molecule has 0 aliphatic carbocycles. The lowest BCUT2D eigenvalue weighted by Gasteiger charge is -2.22. The van der Waals surface area contributed by atoms with Crippen LogP contribution in [0.15, 0.2) is 78.9 Å². The molecular weight excluding hydrogens is 488 g/mol. The molecule has 2 atom stereocenters. The Kier molecular flexibility index (Phi) is 10.5. The molecule has 200 valence electrons. The van der Waals surface area contributed by atoms with E-state index >= 15 is 0 Å². The fourth-order valence-electron chi connectivity index (χ4n) is 3.72. The Hall–Kier alpha value is -4.53. The standard InChI is InChI=1S/C29H32N2O7/c1-35-23-13-9-20(10-14-23)17-25(31-29(34)38-19-22-7-5-4-6-8-22)27(32)30-26(28(33)37-3)18-21-11-15-24(36-2)16-12-21/h4-16,25-26H,17-19H2,1-3H3,(H,30,32)(H,31,34). The van der Waals surface area contributed by atoms with Crippen LogP contribution in [0.25, 0.3) is 0 Å². The number of alkyl carbamates (subject to hydrolysis) is 1. The molecule has 2 amide bonds. The van der Waals surface area contributed by atoms with Crippen molar-refractivity contribution in [1.82, 2.24) is 10.6 Å². The SMILES string of the molecule is COC(=O)C(Cc1ccc(OC)cc1)NC(=O)C(Cc1ccc(OC)cc1)NC(=O)OCc1ccccc1. The molecular formula is C29H32N2O7. The van der Waals surface area contributed by atoms with Gasteiger partial charge in [0, 0.05) is 12.8 Å². The highest BCUT2D eigenvalue weighted by atomic mass is 16.5. The number of rotatable bonds is 12. The van der Waals surface area contributed by atoms with E-state index in [9.17, 15) is 14.4 Å². The van der Waals surface area contributed by atoms with Crippen LogP contribution >= 0.6 is 0 Å². The first-order valence-electron chi connectivity index (χ1n) is 12.0. The summed E-state index contributed by atoms with van der Waals surface area (Å²) in [5.74, 6) is 0.172. The van der Waals surface area contributed by atoms with Crippen molar-refractivity contribution in [2.24, 2.45) is 0 Å². The summed E-state index contributed by atoms with van der Waals surface area (Å²) in [6.07, 6.45) is -0.407. The highest BCUT2D eigenvalue weighted by Gasteiger charge is 2.28. The van der Waals surface area contributed by atoms with Crippen LogP contribution in [-0.4, -0.2) is 51.4 Å². The molecule has 0 radical (unpaired) electrons. The third kappa shape index (κ3) is 8.55. The monoisotopic (exact) mass is 520 g/mol. The van der Waals surface area contributed by atoms with Gasteiger partial charge in [0.15, 0.2) is 0 Å². The van der Waals surface area contributed by atoms with Gasteiger partial charge >= 0.3 is 12.1 Å². The molecule has 0 aromatic heterocycles. The molecule has 3 aromatic carbocycles. The Morgan fingerprint density at radius 3 is 1.68 bits per heavy atom. The molecule has 0 saturated carbocycles. The number of benzene rings is 3. The largest absolute Gasteiger partial charge is 0.497 e. The molecule has 0 saturated heterocycles. The van der Waals surface area contributed by atoms with Gasteiger partial charge in [-0.25, -0.2) is 9.59 Å². The summed E-state index contributed by atoms with van der Waals surface area (Å²) < 4.78 is 20.6. The Bertz CT molecular complexity index is 1180. The molecule has 0 spiro atoms. The molecule has 2 N–H and O–H groups in total. The van der Waals surface area contributed by atoms with Gasteiger partial charge in [-0.15, -0.1) is 0 Å². The second kappa shape index (κ2) is 14.3. The summed E-state index contributed by atoms with van der Waals surface area (Å²) >= 11 is 0. The Labute approximate surface area is 222 Å². The van der Waals surface area contributed by atoms with Crippen LogP contribution in [0, 0.1) is 0 Å². The van der Waals surface area contributed by atoms with E-state index in [1.165, 1.54) is 7.11 Å². The zero-order valence-electron chi connectivity index (χ0n) is 21.6. The van der Waals surface area contributed by atoms with E-state index in [0.717, 1.165) is 16.7 Å². The zero-order valence-corrected chi connectivity index (χ0v) is 21.6. The summed E-state index contributed by atoms with van der Waals surface area (Å²) in [5, 5.41) is 5.36. The van der Waals surface area contributed by atoms with E-state index in [0.29, 0.717) is 11.5 Å². The number of esters is 1. The van der Waals surface area contributed by atoms with Crippen molar-refractivity contribution in [3.05, 3.63) is 95.6 Å². The Morgan fingerprint density at radius 1 is 0.658 bits per heavy atom. The molecule has 0 fully saturated rings. The average Bonchev–Trinajstić information content (AvgIpc) is 2.96. The third-order valence-corrected chi connectivity index (χ3v) is 5.82. The number of nitrogens with one attached hydrogen (secondary N) is 2. The molecule has 0 aliphatic heterocycles. The fourth-order valence-corrected chi connectivity index (χ4v) is 3.72. The van der Waals surface area contributed by atoms with Crippen LogP contribution in [0.3, 0.4) is 0 Å². The van der Waals surface area contributed by atoms with Crippen molar-refractivity contribution in [2.75, 3.05) is 21.3 Å². The highest BCUT2D eigenvalue weighted by molar-refractivity contribution is 5.90. The maximum Gasteiger partial charge on any atom is 0.408 e. The van der Waals surface area contributed by atoms with Crippen molar-refractivity contribution in [1.29, 1.82) is 0 Å². The number of hydrogen-bond acceptors (Lipinski definition) is 7. The average molecular weight is 521 g/mol. The minimum Gasteiger partial charge on any atom is -0.497 e. The molecule has 9 nitrogen and oxygen atoms in total. The minimum absolute atomic E-state index is 0.0474. The summed E-state index contributed by atoms with van der Waals surface area (Å²) in [6, 6.07) is 21.5. The number of hydrogen-bond donors (Lipinski definition) is 2. The molecule has 0 aliphatic rings. The minimum atomic E-state index is -1.02. The van der Waals surface area contributed by atoms with Crippen LogP contribution in [0.5, 0.6) is 11.5 Å². The first-order chi connectivity index (χ1) is 18.4. The van der Waals surface area contributed by atoms with Crippen molar-refractivity contribution in [3.63, 3.8) is 0 Å². The van der Waals surface area contributed by atoms with Gasteiger partial charge in [0.25, 0.3) is 0 Å². The summed E-state index contributed by atoms with van der Waals surface area (Å²) in [7, 11) is 4.38. The van der Waals surface area contributed by atoms with E-state index in [2.05, 4.69) is 10.6 Å². The van der Waals surface area contributed by atoms with Gasteiger partial charge in [-0.05, 0) is 41.0 Å². The number of methoxy groups -OCH3 is 3. The highest BCUT2D eigenvalue weighted by Crippen LogP contribution is 2.15. The molecule has 0 heterocycles. The third-order valence-electron chi connectivity index (χ3n) is 5.82. The van der Waals surface area contributed by atoms with Crippen molar-refractivity contribution < 1.29 is 33.3 Å². The quantitative estimate of drug-likeness (QED) is 0.352.